The van der Waals surface area contributed by atoms with Crippen LogP contribution in [0.25, 0.3) is 0 Å². The van der Waals surface area contributed by atoms with Crippen molar-refractivity contribution in [2.75, 3.05) is 0 Å². The molecule has 0 aliphatic rings. The third-order valence-corrected chi connectivity index (χ3v) is 4.77. The van der Waals surface area contributed by atoms with Gasteiger partial charge in [-0.25, -0.2) is 4.39 Å². The number of nitrogens with one attached hydrogen (secondary N) is 2. The smallest absolute Gasteiger partial charge is 0.272 e. The van der Waals surface area contributed by atoms with Crippen molar-refractivity contribution in [1.29, 1.82) is 5.26 Å². The molecule has 0 fully saturated rings. The van der Waals surface area contributed by atoms with E-state index in [4.69, 9.17) is 33.2 Å². The molecule has 0 atom stereocenters. The summed E-state index contributed by atoms with van der Waals surface area (Å²) in [6.07, 6.45) is 0. The lowest BCUT2D eigenvalue weighted by Crippen LogP contribution is -2.24. The first-order valence-electron chi connectivity index (χ1n) is 8.45. The molecule has 3 aromatic rings. The summed E-state index contributed by atoms with van der Waals surface area (Å²) in [6.45, 7) is 3.47. The molecular weight excluding hydrogens is 418 g/mol. The highest BCUT2D eigenvalue weighted by atomic mass is 35.5. The molecule has 0 saturated heterocycles. The Morgan fingerprint density at radius 3 is 2.72 bits per heavy atom. The molecule has 6 nitrogen and oxygen atoms in total. The molecule has 29 heavy (non-hydrogen) atoms. The summed E-state index contributed by atoms with van der Waals surface area (Å²) < 4.78 is 20.5. The van der Waals surface area contributed by atoms with Gasteiger partial charge in [0.1, 0.15) is 5.75 Å². The Bertz CT molecular complexity index is 1140. The van der Waals surface area contributed by atoms with Crippen molar-refractivity contribution in [1.82, 2.24) is 15.5 Å². The first kappa shape index (κ1) is 20.6. The first-order valence-corrected chi connectivity index (χ1v) is 9.21. The molecule has 1 aromatic heterocycles. The maximum absolute atomic E-state index is 15.0. The summed E-state index contributed by atoms with van der Waals surface area (Å²) in [7, 11) is 0. The molecule has 0 saturated carbocycles. The van der Waals surface area contributed by atoms with Crippen molar-refractivity contribution in [2.45, 2.75) is 20.4 Å². The standard InChI is InChI=1S/C20H15Cl2FN4O2/c1-10-11(2)26-27-18(10)20(28)25-9-13-3-4-16(22)19(17(13)23)29-15-6-12(8-24)5-14(21)7-15/h3-7H,9H2,1-2H3,(H,25,28)(H,26,27). The zero-order valence-electron chi connectivity index (χ0n) is 15.4. The molecule has 0 aliphatic carbocycles. The monoisotopic (exact) mass is 432 g/mol. The average Bonchev–Trinajstić information content (AvgIpc) is 3.02. The maximum atomic E-state index is 15.0. The zero-order chi connectivity index (χ0) is 21.1. The summed E-state index contributed by atoms with van der Waals surface area (Å²) in [5, 5.41) is 18.6. The molecule has 1 amide bonds. The van der Waals surface area contributed by atoms with Gasteiger partial charge in [-0.1, -0.05) is 29.3 Å². The number of aromatic nitrogens is 2. The molecule has 0 bridgehead atoms. The number of amides is 1. The van der Waals surface area contributed by atoms with Crippen LogP contribution in [0.2, 0.25) is 10.0 Å². The third kappa shape index (κ3) is 4.50. The number of nitrogens with zero attached hydrogens (tertiary/aromatic N) is 2. The summed E-state index contributed by atoms with van der Waals surface area (Å²) in [4.78, 5) is 12.3. The lowest BCUT2D eigenvalue weighted by Gasteiger charge is -2.13. The van der Waals surface area contributed by atoms with Crippen LogP contribution >= 0.6 is 23.2 Å². The predicted octanol–water partition coefficient (Wildman–Crippen LogP) is 5.07. The second-order valence-corrected chi connectivity index (χ2v) is 7.09. The van der Waals surface area contributed by atoms with Crippen LogP contribution in [0.3, 0.4) is 0 Å². The van der Waals surface area contributed by atoms with Crippen molar-refractivity contribution in [3.05, 3.63) is 74.3 Å². The molecule has 0 spiro atoms. The Morgan fingerprint density at radius 2 is 2.07 bits per heavy atom. The fraction of sp³-hybridized carbons (Fsp3) is 0.150. The Morgan fingerprint density at radius 1 is 1.31 bits per heavy atom. The molecule has 1 heterocycles. The van der Waals surface area contributed by atoms with Crippen LogP contribution in [0.5, 0.6) is 11.5 Å². The lowest BCUT2D eigenvalue weighted by atomic mass is 10.1. The van der Waals surface area contributed by atoms with Crippen molar-refractivity contribution in [2.24, 2.45) is 0 Å². The van der Waals surface area contributed by atoms with E-state index in [0.29, 0.717) is 0 Å². The fourth-order valence-corrected chi connectivity index (χ4v) is 2.98. The molecule has 0 aliphatic heterocycles. The quantitative estimate of drug-likeness (QED) is 0.588. The number of ether oxygens (including phenoxy) is 1. The molecule has 3 rings (SSSR count). The summed E-state index contributed by atoms with van der Waals surface area (Å²) in [6, 6.07) is 9.16. The Kier molecular flexibility index (Phi) is 6.06. The summed E-state index contributed by atoms with van der Waals surface area (Å²) in [5.74, 6) is -1.22. The molecule has 2 aromatic carbocycles. The van der Waals surface area contributed by atoms with Crippen LogP contribution in [0, 0.1) is 31.0 Å². The second-order valence-electron chi connectivity index (χ2n) is 6.24. The van der Waals surface area contributed by atoms with E-state index in [0.717, 1.165) is 11.3 Å². The van der Waals surface area contributed by atoms with E-state index in [1.165, 1.54) is 30.3 Å². The highest BCUT2D eigenvalue weighted by molar-refractivity contribution is 6.32. The van der Waals surface area contributed by atoms with E-state index in [9.17, 15) is 9.18 Å². The largest absolute Gasteiger partial charge is 0.453 e. The number of rotatable bonds is 5. The van der Waals surface area contributed by atoms with E-state index in [1.54, 1.807) is 13.8 Å². The SMILES string of the molecule is Cc1[nH]nc(C(=O)NCc2ccc(Cl)c(Oc3cc(Cl)cc(C#N)c3)c2F)c1C. The number of hydrogen-bond donors (Lipinski definition) is 2. The molecule has 0 unspecified atom stereocenters. The van der Waals surface area contributed by atoms with Gasteiger partial charge < -0.3 is 10.1 Å². The topological polar surface area (TPSA) is 90.8 Å². The van der Waals surface area contributed by atoms with Crippen LogP contribution in [0.4, 0.5) is 4.39 Å². The average molecular weight is 433 g/mol. The molecular formula is C20H15Cl2FN4O2. The summed E-state index contributed by atoms with van der Waals surface area (Å²) >= 11 is 12.0. The van der Waals surface area contributed by atoms with Gasteiger partial charge in [-0.2, -0.15) is 10.4 Å². The maximum Gasteiger partial charge on any atom is 0.272 e. The van der Waals surface area contributed by atoms with Gasteiger partial charge in [0.15, 0.2) is 17.3 Å². The number of H-pyrrole nitrogens is 1. The van der Waals surface area contributed by atoms with E-state index in [2.05, 4.69) is 15.5 Å². The van der Waals surface area contributed by atoms with Gasteiger partial charge in [0.05, 0.1) is 16.7 Å². The van der Waals surface area contributed by atoms with Crippen molar-refractivity contribution >= 4 is 29.1 Å². The van der Waals surface area contributed by atoms with E-state index < -0.39 is 11.7 Å². The van der Waals surface area contributed by atoms with Crippen LogP contribution < -0.4 is 10.1 Å². The molecule has 148 valence electrons. The van der Waals surface area contributed by atoms with Crippen molar-refractivity contribution in [3.63, 3.8) is 0 Å². The third-order valence-electron chi connectivity index (χ3n) is 4.26. The highest BCUT2D eigenvalue weighted by Crippen LogP contribution is 2.35. The number of aromatic amines is 1. The Hall–Kier alpha value is -3.08. The predicted molar refractivity (Wildman–Crippen MR) is 107 cm³/mol. The number of aryl methyl sites for hydroxylation is 1. The van der Waals surface area contributed by atoms with Gasteiger partial charge >= 0.3 is 0 Å². The van der Waals surface area contributed by atoms with Gasteiger partial charge in [-0.05, 0) is 38.1 Å². The lowest BCUT2D eigenvalue weighted by molar-refractivity contribution is 0.0945. The highest BCUT2D eigenvalue weighted by Gasteiger charge is 2.18. The first-order chi connectivity index (χ1) is 13.8. The molecule has 0 radical (unpaired) electrons. The van der Waals surface area contributed by atoms with Crippen LogP contribution in [-0.2, 0) is 6.54 Å². The number of hydrogen-bond acceptors (Lipinski definition) is 4. The van der Waals surface area contributed by atoms with E-state index >= 15 is 0 Å². The van der Waals surface area contributed by atoms with Gasteiger partial charge in [0.2, 0.25) is 0 Å². The molecule has 9 heteroatoms. The Balaban J connectivity index is 1.82. The zero-order valence-corrected chi connectivity index (χ0v) is 17.0. The number of halogens is 3. The Labute approximate surface area is 176 Å². The van der Waals surface area contributed by atoms with Crippen molar-refractivity contribution in [3.8, 4) is 17.6 Å². The van der Waals surface area contributed by atoms with Gasteiger partial charge in [-0.3, -0.25) is 9.89 Å². The van der Waals surface area contributed by atoms with Gasteiger partial charge in [0.25, 0.3) is 5.91 Å². The van der Waals surface area contributed by atoms with Gasteiger partial charge in [-0.15, -0.1) is 0 Å². The van der Waals surface area contributed by atoms with Crippen LogP contribution in [0.1, 0.15) is 32.9 Å². The van der Waals surface area contributed by atoms with Crippen molar-refractivity contribution < 1.29 is 13.9 Å². The summed E-state index contributed by atoms with van der Waals surface area (Å²) in [5.41, 5.74) is 2.18. The normalized spacial score (nSPS) is 10.5. The van der Waals surface area contributed by atoms with E-state index in [-0.39, 0.29) is 44.9 Å². The van der Waals surface area contributed by atoms with Gasteiger partial charge in [0, 0.05) is 28.4 Å². The minimum atomic E-state index is -0.730. The molecule has 2 N–H and O–H groups in total. The van der Waals surface area contributed by atoms with Crippen LogP contribution in [-0.4, -0.2) is 16.1 Å². The number of carbonyl (C=O) groups excluding carboxylic acids is 1. The number of nitriles is 1. The fourth-order valence-electron chi connectivity index (χ4n) is 2.57. The van der Waals surface area contributed by atoms with Crippen LogP contribution in [0.15, 0.2) is 30.3 Å². The van der Waals surface area contributed by atoms with E-state index in [1.807, 2.05) is 6.07 Å². The second kappa shape index (κ2) is 8.52. The minimum absolute atomic E-state index is 0.0369. The minimum Gasteiger partial charge on any atom is -0.453 e. The number of carbonyl (C=O) groups is 1. The number of benzene rings is 2.